The van der Waals surface area contributed by atoms with Gasteiger partial charge in [0.25, 0.3) is 0 Å². The van der Waals surface area contributed by atoms with Crippen molar-refractivity contribution in [1.29, 1.82) is 0 Å². The normalized spacial score (nSPS) is 12.0. The van der Waals surface area contributed by atoms with E-state index in [1.807, 2.05) is 12.1 Å². The van der Waals surface area contributed by atoms with Crippen molar-refractivity contribution in [1.82, 2.24) is 0 Å². The van der Waals surface area contributed by atoms with Crippen LogP contribution in [0.5, 0.6) is 0 Å². The molecule has 0 atom stereocenters. The van der Waals surface area contributed by atoms with Gasteiger partial charge < -0.3 is 14.9 Å². The summed E-state index contributed by atoms with van der Waals surface area (Å²) in [4.78, 5) is 0. The van der Waals surface area contributed by atoms with Crippen LogP contribution in [0, 0.1) is 0 Å². The van der Waals surface area contributed by atoms with Crippen LogP contribution < -0.4 is 5.73 Å². The molecular formula is C11H18BrNO2. The van der Waals surface area contributed by atoms with E-state index >= 15 is 0 Å². The fourth-order valence-electron chi connectivity index (χ4n) is 1.24. The molecule has 86 valence electrons. The number of halogens is 1. The lowest BCUT2D eigenvalue weighted by atomic mass is 9.96. The van der Waals surface area contributed by atoms with E-state index in [0.29, 0.717) is 13.2 Å². The summed E-state index contributed by atoms with van der Waals surface area (Å²) in [5.74, 6) is 0.816. The van der Waals surface area contributed by atoms with E-state index in [-0.39, 0.29) is 5.54 Å². The van der Waals surface area contributed by atoms with Crippen molar-refractivity contribution in [2.24, 2.45) is 5.73 Å². The molecule has 0 aliphatic carbocycles. The van der Waals surface area contributed by atoms with Crippen molar-refractivity contribution in [2.45, 2.75) is 38.8 Å². The van der Waals surface area contributed by atoms with Crippen LogP contribution in [0.4, 0.5) is 0 Å². The Morgan fingerprint density at radius 3 is 2.53 bits per heavy atom. The van der Waals surface area contributed by atoms with Gasteiger partial charge in [0.15, 0.2) is 4.67 Å². The number of hydrogen-bond acceptors (Lipinski definition) is 3. The van der Waals surface area contributed by atoms with Crippen molar-refractivity contribution in [3.05, 3.63) is 22.6 Å². The lowest BCUT2D eigenvalue weighted by molar-refractivity contribution is 0.0592. The highest BCUT2D eigenvalue weighted by Crippen LogP contribution is 2.16. The summed E-state index contributed by atoms with van der Waals surface area (Å²) < 4.78 is 11.6. The van der Waals surface area contributed by atoms with Crippen molar-refractivity contribution in [3.8, 4) is 0 Å². The predicted octanol–water partition coefficient (Wildman–Crippen LogP) is 3.08. The second-order valence-corrected chi connectivity index (χ2v) is 4.55. The van der Waals surface area contributed by atoms with Crippen LogP contribution >= 0.6 is 15.9 Å². The highest BCUT2D eigenvalue weighted by Gasteiger charge is 2.20. The minimum atomic E-state index is -0.205. The summed E-state index contributed by atoms with van der Waals surface area (Å²) in [7, 11) is 0. The van der Waals surface area contributed by atoms with Gasteiger partial charge in [-0.15, -0.1) is 0 Å². The first-order valence-corrected chi connectivity index (χ1v) is 6.00. The van der Waals surface area contributed by atoms with Gasteiger partial charge in [0.1, 0.15) is 12.4 Å². The summed E-state index contributed by atoms with van der Waals surface area (Å²) in [5, 5.41) is 0. The Bertz CT molecular complexity index is 295. The highest BCUT2D eigenvalue weighted by atomic mass is 79.9. The van der Waals surface area contributed by atoms with Gasteiger partial charge in [-0.05, 0) is 40.9 Å². The molecule has 2 N–H and O–H groups in total. The van der Waals surface area contributed by atoms with Crippen molar-refractivity contribution >= 4 is 15.9 Å². The molecule has 0 fully saturated rings. The largest absolute Gasteiger partial charge is 0.452 e. The molecule has 1 heterocycles. The Morgan fingerprint density at radius 2 is 2.07 bits per heavy atom. The van der Waals surface area contributed by atoms with Gasteiger partial charge in [0, 0.05) is 5.54 Å². The van der Waals surface area contributed by atoms with E-state index in [4.69, 9.17) is 14.9 Å². The SMILES string of the molecule is CCC(N)(CC)COCc1ccc(Br)o1. The first-order valence-electron chi connectivity index (χ1n) is 5.20. The molecule has 0 amide bonds. The zero-order valence-corrected chi connectivity index (χ0v) is 10.8. The molecule has 1 aromatic heterocycles. The van der Waals surface area contributed by atoms with E-state index in [1.165, 1.54) is 0 Å². The number of ether oxygens (including phenoxy) is 1. The molecule has 0 aliphatic rings. The Balaban J connectivity index is 2.32. The first kappa shape index (κ1) is 12.7. The minimum absolute atomic E-state index is 0.205. The van der Waals surface area contributed by atoms with Gasteiger partial charge in [-0.2, -0.15) is 0 Å². The average molecular weight is 276 g/mol. The van der Waals surface area contributed by atoms with Gasteiger partial charge in [0.2, 0.25) is 0 Å². The van der Waals surface area contributed by atoms with Gasteiger partial charge in [-0.25, -0.2) is 0 Å². The van der Waals surface area contributed by atoms with Gasteiger partial charge in [0.05, 0.1) is 6.61 Å². The van der Waals surface area contributed by atoms with Crippen LogP contribution in [0.3, 0.4) is 0 Å². The number of furan rings is 1. The second kappa shape index (κ2) is 5.68. The molecule has 1 rings (SSSR count). The molecule has 0 radical (unpaired) electrons. The molecule has 3 nitrogen and oxygen atoms in total. The lowest BCUT2D eigenvalue weighted by Gasteiger charge is -2.25. The van der Waals surface area contributed by atoms with Crippen LogP contribution in [0.2, 0.25) is 0 Å². The molecular weight excluding hydrogens is 258 g/mol. The quantitative estimate of drug-likeness (QED) is 0.868. The second-order valence-electron chi connectivity index (χ2n) is 3.77. The zero-order chi connectivity index (χ0) is 11.3. The maximum Gasteiger partial charge on any atom is 0.169 e. The number of rotatable bonds is 6. The smallest absolute Gasteiger partial charge is 0.169 e. The zero-order valence-electron chi connectivity index (χ0n) is 9.25. The molecule has 4 heteroatoms. The Hall–Kier alpha value is -0.320. The van der Waals surface area contributed by atoms with Crippen LogP contribution in [-0.2, 0) is 11.3 Å². The topological polar surface area (TPSA) is 48.4 Å². The van der Waals surface area contributed by atoms with Crippen molar-refractivity contribution in [3.63, 3.8) is 0 Å². The Morgan fingerprint density at radius 1 is 1.40 bits per heavy atom. The molecule has 0 aromatic carbocycles. The summed E-state index contributed by atoms with van der Waals surface area (Å²) in [6.07, 6.45) is 1.84. The molecule has 0 spiro atoms. The van der Waals surface area contributed by atoms with Crippen LogP contribution in [0.15, 0.2) is 21.2 Å². The van der Waals surface area contributed by atoms with Crippen molar-refractivity contribution in [2.75, 3.05) is 6.61 Å². The standard InChI is InChI=1S/C11H18BrNO2/c1-3-11(13,4-2)8-14-7-9-5-6-10(12)15-9/h5-6H,3-4,7-8,13H2,1-2H3. The first-order chi connectivity index (χ1) is 7.09. The predicted molar refractivity (Wildman–Crippen MR) is 63.6 cm³/mol. The van der Waals surface area contributed by atoms with E-state index in [9.17, 15) is 0 Å². The average Bonchev–Trinajstić information content (AvgIpc) is 2.64. The molecule has 0 saturated carbocycles. The van der Waals surface area contributed by atoms with Crippen LogP contribution in [0.25, 0.3) is 0 Å². The molecule has 0 saturated heterocycles. The van der Waals surface area contributed by atoms with Crippen molar-refractivity contribution < 1.29 is 9.15 Å². The summed E-state index contributed by atoms with van der Waals surface area (Å²) in [5.41, 5.74) is 5.90. The van der Waals surface area contributed by atoms with E-state index < -0.39 is 0 Å². The van der Waals surface area contributed by atoms with Gasteiger partial charge in [-0.3, -0.25) is 0 Å². The highest BCUT2D eigenvalue weighted by molar-refractivity contribution is 9.10. The van der Waals surface area contributed by atoms with E-state index in [0.717, 1.165) is 23.3 Å². The molecule has 0 bridgehead atoms. The minimum Gasteiger partial charge on any atom is -0.452 e. The third-order valence-electron chi connectivity index (χ3n) is 2.67. The maximum absolute atomic E-state index is 6.10. The number of nitrogens with two attached hydrogens (primary N) is 1. The van der Waals surface area contributed by atoms with Gasteiger partial charge in [-0.1, -0.05) is 13.8 Å². The fourth-order valence-corrected chi connectivity index (χ4v) is 1.58. The Kier molecular flexibility index (Phi) is 4.83. The summed E-state index contributed by atoms with van der Waals surface area (Å²) in [6.45, 7) is 5.20. The van der Waals surface area contributed by atoms with Crippen LogP contribution in [-0.4, -0.2) is 12.1 Å². The number of hydrogen-bond donors (Lipinski definition) is 1. The maximum atomic E-state index is 6.10. The van der Waals surface area contributed by atoms with E-state index in [2.05, 4.69) is 29.8 Å². The molecule has 15 heavy (non-hydrogen) atoms. The Labute approximate surface area is 99.1 Å². The molecule has 1 aromatic rings. The third kappa shape index (κ3) is 3.97. The fraction of sp³-hybridized carbons (Fsp3) is 0.636. The molecule has 0 unspecified atom stereocenters. The molecule has 0 aliphatic heterocycles. The van der Waals surface area contributed by atoms with Gasteiger partial charge >= 0.3 is 0 Å². The lowest BCUT2D eigenvalue weighted by Crippen LogP contribution is -2.43. The third-order valence-corrected chi connectivity index (χ3v) is 3.10. The summed E-state index contributed by atoms with van der Waals surface area (Å²) in [6, 6.07) is 3.74. The monoisotopic (exact) mass is 275 g/mol. The summed E-state index contributed by atoms with van der Waals surface area (Å²) >= 11 is 3.24. The van der Waals surface area contributed by atoms with Crippen LogP contribution in [0.1, 0.15) is 32.4 Å². The van der Waals surface area contributed by atoms with E-state index in [1.54, 1.807) is 0 Å².